The zero-order valence-corrected chi connectivity index (χ0v) is 26.7. The van der Waals surface area contributed by atoms with Gasteiger partial charge in [-0.2, -0.15) is 0 Å². The maximum absolute atomic E-state index is 12.1. The zero-order valence-electron chi connectivity index (χ0n) is 26.7. The number of hydrogen-bond donors (Lipinski definition) is 1. The molecule has 1 aliphatic heterocycles. The van der Waals surface area contributed by atoms with Crippen LogP contribution in [0.5, 0.6) is 0 Å². The fourth-order valence-electron chi connectivity index (χ4n) is 4.81. The monoisotopic (exact) mass is 594 g/mol. The average Bonchev–Trinajstić information content (AvgIpc) is 3.25. The van der Waals surface area contributed by atoms with Crippen molar-refractivity contribution < 1.29 is 38.3 Å². The minimum absolute atomic E-state index is 0.164. The number of aliphatic hydroxyl groups is 1. The third-order valence-corrected chi connectivity index (χ3v) is 7.23. The van der Waals surface area contributed by atoms with Gasteiger partial charge in [0.1, 0.15) is 32.2 Å². The largest absolute Gasteiger partial charge is 0.460 e. The first-order valence-corrected chi connectivity index (χ1v) is 16.2. The number of esters is 1. The minimum Gasteiger partial charge on any atom is -0.460 e. The van der Waals surface area contributed by atoms with Crippen molar-refractivity contribution in [3.63, 3.8) is 0 Å². The average molecular weight is 595 g/mol. The maximum atomic E-state index is 12.1. The molecule has 0 aromatic carbocycles. The first-order valence-electron chi connectivity index (χ1n) is 16.2. The number of ether oxygens (including phenoxy) is 6. The number of carbonyl (C=O) groups is 1. The molecule has 0 bridgehead atoms. The van der Waals surface area contributed by atoms with Crippen LogP contribution in [0.2, 0.25) is 0 Å². The van der Waals surface area contributed by atoms with Gasteiger partial charge in [-0.25, -0.2) is 0 Å². The molecular weight excluding hydrogens is 536 g/mol. The van der Waals surface area contributed by atoms with E-state index in [9.17, 15) is 9.90 Å². The van der Waals surface area contributed by atoms with Crippen LogP contribution in [-0.4, -0.2) is 82.9 Å². The van der Waals surface area contributed by atoms with E-state index < -0.39 is 6.10 Å². The van der Waals surface area contributed by atoms with Gasteiger partial charge in [0.25, 0.3) is 0 Å². The van der Waals surface area contributed by atoms with Gasteiger partial charge in [0, 0.05) is 20.0 Å². The lowest BCUT2D eigenvalue weighted by atomic mass is 9.94. The molecule has 1 aliphatic rings. The van der Waals surface area contributed by atoms with Crippen LogP contribution in [0.25, 0.3) is 0 Å². The van der Waals surface area contributed by atoms with E-state index in [1.165, 1.54) is 38.5 Å². The number of carbonyl (C=O) groups excluding carboxylic acids is 1. The van der Waals surface area contributed by atoms with Crippen LogP contribution in [0.3, 0.4) is 0 Å². The molecule has 0 aromatic heterocycles. The molecular formula is C34H58O8. The molecule has 8 heteroatoms. The highest BCUT2D eigenvalue weighted by Gasteiger charge is 2.42. The Morgan fingerprint density at radius 1 is 0.810 bits per heavy atom. The topological polar surface area (TPSA) is 92.7 Å². The van der Waals surface area contributed by atoms with Crippen molar-refractivity contribution in [3.8, 4) is 23.7 Å². The van der Waals surface area contributed by atoms with Gasteiger partial charge in [-0.3, -0.25) is 4.79 Å². The SMILES string of the molecule is CCCCCCCCC#CCOCCOCCOCC#CCC(O)CCCCCCCC1C(=O)O[C@@H](C)C1OCOC. The third kappa shape index (κ3) is 21.1. The number of cyclic esters (lactones) is 1. The van der Waals surface area contributed by atoms with Gasteiger partial charge >= 0.3 is 5.97 Å². The van der Waals surface area contributed by atoms with Crippen LogP contribution >= 0.6 is 0 Å². The molecule has 1 N–H and O–H groups in total. The second-order valence-electron chi connectivity index (χ2n) is 10.9. The summed E-state index contributed by atoms with van der Waals surface area (Å²) < 4.78 is 32.3. The lowest BCUT2D eigenvalue weighted by Gasteiger charge is -2.18. The molecule has 1 saturated heterocycles. The van der Waals surface area contributed by atoms with Crippen LogP contribution < -0.4 is 0 Å². The molecule has 242 valence electrons. The first-order chi connectivity index (χ1) is 20.6. The van der Waals surface area contributed by atoms with Gasteiger partial charge in [0.05, 0.1) is 38.4 Å². The number of methoxy groups -OCH3 is 1. The van der Waals surface area contributed by atoms with Gasteiger partial charge in [-0.1, -0.05) is 88.9 Å². The minimum atomic E-state index is -0.408. The molecule has 3 unspecified atom stereocenters. The van der Waals surface area contributed by atoms with Crippen molar-refractivity contribution in [1.82, 2.24) is 0 Å². The number of rotatable bonds is 26. The Morgan fingerprint density at radius 3 is 2.14 bits per heavy atom. The molecule has 1 rings (SSSR count). The molecule has 0 aliphatic carbocycles. The highest BCUT2D eigenvalue weighted by Crippen LogP contribution is 2.29. The zero-order chi connectivity index (χ0) is 30.5. The molecule has 0 aromatic rings. The summed E-state index contributed by atoms with van der Waals surface area (Å²) >= 11 is 0. The molecule has 0 radical (unpaired) electrons. The van der Waals surface area contributed by atoms with Crippen LogP contribution in [0.1, 0.15) is 110 Å². The summed E-state index contributed by atoms with van der Waals surface area (Å²) in [5, 5.41) is 10.1. The lowest BCUT2D eigenvalue weighted by Crippen LogP contribution is -2.29. The van der Waals surface area contributed by atoms with Gasteiger partial charge in [-0.05, 0) is 26.2 Å². The molecule has 4 atom stereocenters. The Labute approximate surface area is 255 Å². The summed E-state index contributed by atoms with van der Waals surface area (Å²) in [6.45, 7) is 7.12. The van der Waals surface area contributed by atoms with Crippen molar-refractivity contribution in [1.29, 1.82) is 0 Å². The predicted octanol–water partition coefficient (Wildman–Crippen LogP) is 5.83. The normalized spacial score (nSPS) is 18.7. The summed E-state index contributed by atoms with van der Waals surface area (Å²) in [6.07, 6.45) is 14.9. The van der Waals surface area contributed by atoms with Gasteiger partial charge in [0.2, 0.25) is 0 Å². The van der Waals surface area contributed by atoms with E-state index in [1.807, 2.05) is 6.92 Å². The second-order valence-corrected chi connectivity index (χ2v) is 10.9. The van der Waals surface area contributed by atoms with Crippen LogP contribution in [-0.2, 0) is 33.2 Å². The van der Waals surface area contributed by atoms with Crippen molar-refractivity contribution in [3.05, 3.63) is 0 Å². The smallest absolute Gasteiger partial charge is 0.312 e. The molecule has 0 spiro atoms. The summed E-state index contributed by atoms with van der Waals surface area (Å²) in [6, 6.07) is 0. The summed E-state index contributed by atoms with van der Waals surface area (Å²) in [7, 11) is 1.57. The second kappa shape index (κ2) is 28.1. The Balaban J connectivity index is 1.87. The molecule has 0 saturated carbocycles. The molecule has 0 amide bonds. The highest BCUT2D eigenvalue weighted by atomic mass is 16.7. The predicted molar refractivity (Wildman–Crippen MR) is 165 cm³/mol. The van der Waals surface area contributed by atoms with Crippen LogP contribution in [0.4, 0.5) is 0 Å². The van der Waals surface area contributed by atoms with E-state index in [-0.39, 0.29) is 30.9 Å². The summed E-state index contributed by atoms with van der Waals surface area (Å²) in [4.78, 5) is 12.1. The van der Waals surface area contributed by atoms with Crippen LogP contribution in [0, 0.1) is 29.6 Å². The fraction of sp³-hybridized carbons (Fsp3) is 0.853. The van der Waals surface area contributed by atoms with Crippen molar-refractivity contribution in [2.45, 2.75) is 128 Å². The standard InChI is InChI=1S/C34H58O8/c1-4-5-6-7-8-9-10-14-18-23-38-25-27-40-28-26-39-24-19-17-21-31(35)20-15-12-11-13-16-22-32-33(41-29-37-3)30(2)42-34(32)36/h30-33,35H,4-13,15-16,20-29H2,1-3H3/t30-,31?,32?,33?/m0/s1. The van der Waals surface area contributed by atoms with Gasteiger partial charge < -0.3 is 33.5 Å². The number of unbranched alkanes of at least 4 members (excludes halogenated alkanes) is 10. The fourth-order valence-corrected chi connectivity index (χ4v) is 4.81. The maximum Gasteiger partial charge on any atom is 0.312 e. The summed E-state index contributed by atoms with van der Waals surface area (Å²) in [5.74, 6) is 11.8. The molecule has 8 nitrogen and oxygen atoms in total. The van der Waals surface area contributed by atoms with E-state index >= 15 is 0 Å². The molecule has 42 heavy (non-hydrogen) atoms. The number of aliphatic hydroxyl groups excluding tert-OH is 1. The van der Waals surface area contributed by atoms with Crippen molar-refractivity contribution >= 4 is 5.97 Å². The Kier molecular flexibility index (Phi) is 25.7. The van der Waals surface area contributed by atoms with Crippen molar-refractivity contribution in [2.24, 2.45) is 5.92 Å². The molecule has 1 heterocycles. The highest BCUT2D eigenvalue weighted by molar-refractivity contribution is 5.75. The quantitative estimate of drug-likeness (QED) is 0.0579. The van der Waals surface area contributed by atoms with E-state index in [0.717, 1.165) is 51.4 Å². The van der Waals surface area contributed by atoms with Gasteiger partial charge in [0.15, 0.2) is 0 Å². The van der Waals surface area contributed by atoms with Crippen molar-refractivity contribution in [2.75, 3.05) is 53.5 Å². The molecule has 1 fully saturated rings. The Bertz CT molecular complexity index is 765. The van der Waals surface area contributed by atoms with E-state index in [0.29, 0.717) is 46.1 Å². The van der Waals surface area contributed by atoms with E-state index in [2.05, 4.69) is 30.6 Å². The van der Waals surface area contributed by atoms with Gasteiger partial charge in [-0.15, -0.1) is 5.92 Å². The van der Waals surface area contributed by atoms with Crippen LogP contribution in [0.15, 0.2) is 0 Å². The Hall–Kier alpha value is -1.65. The van der Waals surface area contributed by atoms with E-state index in [1.54, 1.807) is 7.11 Å². The summed E-state index contributed by atoms with van der Waals surface area (Å²) in [5.41, 5.74) is 0. The third-order valence-electron chi connectivity index (χ3n) is 7.23. The Morgan fingerprint density at radius 2 is 1.43 bits per heavy atom. The number of hydrogen-bond acceptors (Lipinski definition) is 8. The van der Waals surface area contributed by atoms with E-state index in [4.69, 9.17) is 28.4 Å². The lowest BCUT2D eigenvalue weighted by molar-refractivity contribution is -0.144. The first kappa shape index (κ1) is 38.4.